The molecule has 0 radical (unpaired) electrons. The van der Waals surface area contributed by atoms with E-state index in [2.05, 4.69) is 28.2 Å². The van der Waals surface area contributed by atoms with Gasteiger partial charge in [-0.2, -0.15) is 0 Å². The number of rotatable bonds is 8. The summed E-state index contributed by atoms with van der Waals surface area (Å²) < 4.78 is 16.0. The van der Waals surface area contributed by atoms with Gasteiger partial charge in [0.25, 0.3) is 5.91 Å². The Kier molecular flexibility index (Phi) is 7.15. The van der Waals surface area contributed by atoms with E-state index in [9.17, 15) is 9.59 Å². The molecule has 2 aliphatic rings. The number of carbonyl (C=O) groups excluding carboxylic acids is 2. The van der Waals surface area contributed by atoms with Crippen LogP contribution in [0, 0.1) is 5.92 Å². The van der Waals surface area contributed by atoms with E-state index in [-0.39, 0.29) is 23.8 Å². The van der Waals surface area contributed by atoms with Crippen LogP contribution in [0.25, 0.3) is 5.57 Å². The Morgan fingerprint density at radius 3 is 2.79 bits per heavy atom. The number of methoxy groups -OCH3 is 1. The van der Waals surface area contributed by atoms with Crippen LogP contribution in [-0.2, 0) is 20.7 Å². The van der Waals surface area contributed by atoms with Crippen molar-refractivity contribution in [3.63, 3.8) is 0 Å². The lowest BCUT2D eigenvalue weighted by Crippen LogP contribution is -2.46. The van der Waals surface area contributed by atoms with E-state index in [4.69, 9.17) is 14.2 Å². The number of nitrogens with one attached hydrogen (secondary N) is 2. The lowest BCUT2D eigenvalue weighted by molar-refractivity contribution is -0.110. The van der Waals surface area contributed by atoms with Crippen molar-refractivity contribution in [2.75, 3.05) is 45.3 Å². The molecule has 8 heteroatoms. The molecule has 176 valence electrons. The average molecular weight is 454 g/mol. The summed E-state index contributed by atoms with van der Waals surface area (Å²) >= 11 is 0. The van der Waals surface area contributed by atoms with E-state index in [1.165, 1.54) is 0 Å². The Balaban J connectivity index is 1.61. The van der Waals surface area contributed by atoms with Gasteiger partial charge in [-0.1, -0.05) is 13.0 Å². The number of ether oxygens (including phenoxy) is 3. The molecule has 2 aromatic rings. The van der Waals surface area contributed by atoms with Gasteiger partial charge >= 0.3 is 5.97 Å². The van der Waals surface area contributed by atoms with Crippen molar-refractivity contribution < 1.29 is 23.8 Å². The second kappa shape index (κ2) is 10.2. The third-order valence-electron chi connectivity index (χ3n) is 6.19. The van der Waals surface area contributed by atoms with Gasteiger partial charge in [-0.15, -0.1) is 0 Å². The van der Waals surface area contributed by atoms with Gasteiger partial charge < -0.3 is 24.5 Å². The first-order valence-electron chi connectivity index (χ1n) is 11.4. The van der Waals surface area contributed by atoms with Crippen molar-refractivity contribution in [1.29, 1.82) is 0 Å². The van der Waals surface area contributed by atoms with Crippen LogP contribution in [0.5, 0.6) is 5.75 Å². The van der Waals surface area contributed by atoms with Crippen LogP contribution in [0.4, 0.5) is 5.69 Å². The topological polar surface area (TPSA) is 92.9 Å². The summed E-state index contributed by atoms with van der Waals surface area (Å²) in [6.07, 6.45) is 4.48. The third kappa shape index (κ3) is 5.12. The predicted molar refractivity (Wildman–Crippen MR) is 125 cm³/mol. The minimum absolute atomic E-state index is 0.0149. The van der Waals surface area contributed by atoms with Crippen LogP contribution in [0.3, 0.4) is 0 Å². The number of amides is 1. The van der Waals surface area contributed by atoms with Gasteiger partial charge in [0.2, 0.25) is 0 Å². The van der Waals surface area contributed by atoms with Crippen molar-refractivity contribution >= 4 is 23.1 Å². The quantitative estimate of drug-likeness (QED) is 0.471. The number of aromatic amines is 1. The molecule has 2 aliphatic heterocycles. The van der Waals surface area contributed by atoms with Crippen LogP contribution >= 0.6 is 0 Å². The Labute approximate surface area is 193 Å². The van der Waals surface area contributed by atoms with E-state index < -0.39 is 0 Å². The minimum Gasteiger partial charge on any atom is -0.497 e. The fourth-order valence-electron chi connectivity index (χ4n) is 4.49. The Morgan fingerprint density at radius 1 is 1.27 bits per heavy atom. The first kappa shape index (κ1) is 23.1. The SMILES string of the molecule is CCOC(=O)c1c[nH]c(CC(C)C(C=C2C(=O)Nc3ccc(OC)cc32)N2CCOCC2)c1. The van der Waals surface area contributed by atoms with E-state index in [0.717, 1.165) is 36.5 Å². The van der Waals surface area contributed by atoms with Crippen LogP contribution in [0.1, 0.15) is 35.5 Å². The Bertz CT molecular complexity index is 1040. The number of nitrogens with zero attached hydrogens (tertiary/aromatic N) is 1. The molecule has 0 aliphatic carbocycles. The number of H-pyrrole nitrogens is 1. The number of hydrogen-bond donors (Lipinski definition) is 2. The van der Waals surface area contributed by atoms with Gasteiger partial charge in [-0.05, 0) is 43.5 Å². The molecule has 1 aromatic carbocycles. The summed E-state index contributed by atoms with van der Waals surface area (Å²) in [7, 11) is 1.62. The van der Waals surface area contributed by atoms with E-state index in [1.807, 2.05) is 24.3 Å². The van der Waals surface area contributed by atoms with E-state index in [1.54, 1.807) is 20.2 Å². The summed E-state index contributed by atoms with van der Waals surface area (Å²) in [4.78, 5) is 30.5. The molecule has 0 bridgehead atoms. The molecule has 4 rings (SSSR count). The predicted octanol–water partition coefficient (Wildman–Crippen LogP) is 3.12. The standard InChI is InChI=1S/C25H31N3O5/c1-4-33-25(30)17-12-18(26-15-17)11-16(2)23(28-7-9-32-10-8-28)14-21-20-13-19(31-3)5-6-22(20)27-24(21)29/h5-6,12-16,23,26H,4,7-11H2,1-3H3,(H,27,29). The maximum absolute atomic E-state index is 12.8. The largest absolute Gasteiger partial charge is 0.497 e. The zero-order valence-electron chi connectivity index (χ0n) is 19.3. The number of hydrogen-bond acceptors (Lipinski definition) is 6. The van der Waals surface area contributed by atoms with Gasteiger partial charge in [0.15, 0.2) is 0 Å². The molecule has 3 heterocycles. The molecule has 2 atom stereocenters. The number of anilines is 1. The number of morpholine rings is 1. The summed E-state index contributed by atoms with van der Waals surface area (Å²) in [5, 5.41) is 2.96. The second-order valence-corrected chi connectivity index (χ2v) is 8.40. The molecule has 2 N–H and O–H groups in total. The number of fused-ring (bicyclic) bond motifs is 1. The lowest BCUT2D eigenvalue weighted by atomic mass is 9.91. The van der Waals surface area contributed by atoms with Crippen LogP contribution < -0.4 is 10.1 Å². The number of esters is 1. The van der Waals surface area contributed by atoms with E-state index in [0.29, 0.717) is 36.7 Å². The van der Waals surface area contributed by atoms with Crippen molar-refractivity contribution in [2.24, 2.45) is 5.92 Å². The number of benzene rings is 1. The zero-order chi connectivity index (χ0) is 23.4. The van der Waals surface area contributed by atoms with Gasteiger partial charge in [-0.3, -0.25) is 9.69 Å². The highest BCUT2D eigenvalue weighted by atomic mass is 16.5. The molecule has 1 amide bonds. The number of aromatic nitrogens is 1. The fraction of sp³-hybridized carbons (Fsp3) is 0.440. The van der Waals surface area contributed by atoms with Crippen molar-refractivity contribution in [3.05, 3.63) is 53.4 Å². The highest BCUT2D eigenvalue weighted by Gasteiger charge is 2.30. The third-order valence-corrected chi connectivity index (χ3v) is 6.19. The number of carbonyl (C=O) groups is 2. The first-order chi connectivity index (χ1) is 16.0. The Hall–Kier alpha value is -3.10. The molecule has 0 spiro atoms. The molecule has 0 saturated carbocycles. The molecule has 33 heavy (non-hydrogen) atoms. The Morgan fingerprint density at radius 2 is 2.06 bits per heavy atom. The molecule has 1 saturated heterocycles. The van der Waals surface area contributed by atoms with Crippen LogP contribution in [-0.4, -0.2) is 67.8 Å². The summed E-state index contributed by atoms with van der Waals surface area (Å²) in [5.74, 6) is 0.456. The highest BCUT2D eigenvalue weighted by Crippen LogP contribution is 2.36. The average Bonchev–Trinajstić information content (AvgIpc) is 3.41. The fourth-order valence-corrected chi connectivity index (χ4v) is 4.49. The summed E-state index contributed by atoms with van der Waals surface area (Å²) in [6, 6.07) is 7.48. The normalized spacial score (nSPS) is 19.1. The summed E-state index contributed by atoms with van der Waals surface area (Å²) in [5.41, 5.74) is 3.79. The molecule has 1 fully saturated rings. The summed E-state index contributed by atoms with van der Waals surface area (Å²) in [6.45, 7) is 7.23. The van der Waals surface area contributed by atoms with Gasteiger partial charge in [0, 0.05) is 47.8 Å². The smallest absolute Gasteiger partial charge is 0.339 e. The van der Waals surface area contributed by atoms with Gasteiger partial charge in [-0.25, -0.2) is 4.79 Å². The molecular formula is C25H31N3O5. The molecule has 8 nitrogen and oxygen atoms in total. The maximum atomic E-state index is 12.8. The van der Waals surface area contributed by atoms with Crippen molar-refractivity contribution in [3.8, 4) is 5.75 Å². The van der Waals surface area contributed by atoms with Gasteiger partial charge in [0.1, 0.15) is 5.75 Å². The van der Waals surface area contributed by atoms with Crippen molar-refractivity contribution in [2.45, 2.75) is 26.3 Å². The molecule has 2 unspecified atom stereocenters. The second-order valence-electron chi connectivity index (χ2n) is 8.40. The minimum atomic E-state index is -0.326. The van der Waals surface area contributed by atoms with Crippen molar-refractivity contribution in [1.82, 2.24) is 9.88 Å². The molecular weight excluding hydrogens is 422 g/mol. The van der Waals surface area contributed by atoms with Gasteiger partial charge in [0.05, 0.1) is 32.5 Å². The highest BCUT2D eigenvalue weighted by molar-refractivity contribution is 6.31. The first-order valence-corrected chi connectivity index (χ1v) is 11.4. The maximum Gasteiger partial charge on any atom is 0.339 e. The molecule has 1 aromatic heterocycles. The van der Waals surface area contributed by atoms with E-state index >= 15 is 0 Å². The lowest BCUT2D eigenvalue weighted by Gasteiger charge is -2.36. The zero-order valence-corrected chi connectivity index (χ0v) is 19.3. The van der Waals surface area contributed by atoms with Crippen LogP contribution in [0.2, 0.25) is 0 Å². The monoisotopic (exact) mass is 453 g/mol. The van der Waals surface area contributed by atoms with Crippen LogP contribution in [0.15, 0.2) is 36.5 Å².